The molecule has 3 nitrogen and oxygen atoms in total. The minimum Gasteiger partial charge on any atom is -0.326 e. The molecule has 2 rings (SSSR count). The van der Waals surface area contributed by atoms with E-state index in [2.05, 4.69) is 70.5 Å². The summed E-state index contributed by atoms with van der Waals surface area (Å²) in [4.78, 5) is 4.29. The van der Waals surface area contributed by atoms with Gasteiger partial charge in [0.05, 0.1) is 18.1 Å². The van der Waals surface area contributed by atoms with Crippen molar-refractivity contribution in [2.24, 2.45) is 11.7 Å². The molecule has 0 aliphatic heterocycles. The average Bonchev–Trinajstić information content (AvgIpc) is 2.87. The fourth-order valence-electron chi connectivity index (χ4n) is 2.46. The van der Waals surface area contributed by atoms with Gasteiger partial charge in [-0.2, -0.15) is 0 Å². The van der Waals surface area contributed by atoms with Crippen molar-refractivity contribution in [2.45, 2.75) is 39.3 Å². The van der Waals surface area contributed by atoms with Crippen molar-refractivity contribution >= 4 is 15.9 Å². The van der Waals surface area contributed by atoms with Crippen LogP contribution in [0.25, 0.3) is 0 Å². The Hall–Kier alpha value is -1.13. The quantitative estimate of drug-likeness (QED) is 0.885. The third-order valence-corrected chi connectivity index (χ3v) is 4.10. The lowest BCUT2D eigenvalue weighted by Crippen LogP contribution is -2.19. The molecule has 0 amide bonds. The Bertz CT molecular complexity index is 545. The molecule has 108 valence electrons. The highest BCUT2D eigenvalue weighted by molar-refractivity contribution is 9.10. The van der Waals surface area contributed by atoms with Crippen molar-refractivity contribution in [1.82, 2.24) is 9.55 Å². The topological polar surface area (TPSA) is 43.8 Å². The standard InChI is InChI=1S/C16H22BrN3/c1-11(2)8-15(18)16-9-19-10-20(16)12(3)13-4-6-14(17)7-5-13/h4-7,9-12,15H,8,18H2,1-3H3. The molecule has 1 aromatic carbocycles. The van der Waals surface area contributed by atoms with E-state index >= 15 is 0 Å². The summed E-state index contributed by atoms with van der Waals surface area (Å²) in [5.74, 6) is 0.580. The average molecular weight is 336 g/mol. The lowest BCUT2D eigenvalue weighted by atomic mass is 10.0. The number of imidazole rings is 1. The first-order valence-electron chi connectivity index (χ1n) is 7.01. The van der Waals surface area contributed by atoms with Crippen LogP contribution in [-0.2, 0) is 0 Å². The van der Waals surface area contributed by atoms with Crippen LogP contribution < -0.4 is 5.73 Å². The lowest BCUT2D eigenvalue weighted by Gasteiger charge is -2.21. The molecule has 0 fully saturated rings. The van der Waals surface area contributed by atoms with Crippen molar-refractivity contribution in [3.63, 3.8) is 0 Å². The van der Waals surface area contributed by atoms with Gasteiger partial charge in [0, 0.05) is 16.7 Å². The van der Waals surface area contributed by atoms with Crippen LogP contribution in [0.3, 0.4) is 0 Å². The number of hydrogen-bond acceptors (Lipinski definition) is 2. The minimum absolute atomic E-state index is 0.0374. The van der Waals surface area contributed by atoms with Gasteiger partial charge in [-0.3, -0.25) is 0 Å². The molecule has 2 unspecified atom stereocenters. The third kappa shape index (κ3) is 3.49. The number of halogens is 1. The summed E-state index contributed by atoms with van der Waals surface area (Å²) in [6.07, 6.45) is 4.74. The molecule has 20 heavy (non-hydrogen) atoms. The molecule has 4 heteroatoms. The van der Waals surface area contributed by atoms with Crippen molar-refractivity contribution in [2.75, 3.05) is 0 Å². The summed E-state index contributed by atoms with van der Waals surface area (Å²) in [7, 11) is 0. The summed E-state index contributed by atoms with van der Waals surface area (Å²) < 4.78 is 3.27. The molecule has 0 spiro atoms. The highest BCUT2D eigenvalue weighted by Gasteiger charge is 2.17. The first-order chi connectivity index (χ1) is 9.49. The van der Waals surface area contributed by atoms with Gasteiger partial charge in [0.2, 0.25) is 0 Å². The van der Waals surface area contributed by atoms with Crippen LogP contribution in [0.1, 0.15) is 50.5 Å². The van der Waals surface area contributed by atoms with Gasteiger partial charge in [-0.05, 0) is 37.0 Å². The van der Waals surface area contributed by atoms with E-state index in [0.717, 1.165) is 16.6 Å². The third-order valence-electron chi connectivity index (χ3n) is 3.57. The van der Waals surface area contributed by atoms with Crippen LogP contribution >= 0.6 is 15.9 Å². The number of nitrogens with two attached hydrogens (primary N) is 1. The summed E-state index contributed by atoms with van der Waals surface area (Å²) in [6.45, 7) is 6.56. The van der Waals surface area contributed by atoms with E-state index in [-0.39, 0.29) is 12.1 Å². The maximum atomic E-state index is 6.31. The van der Waals surface area contributed by atoms with E-state index in [1.807, 2.05) is 12.5 Å². The second-order valence-corrected chi connectivity index (χ2v) is 6.61. The van der Waals surface area contributed by atoms with Crippen LogP contribution in [0.2, 0.25) is 0 Å². The van der Waals surface area contributed by atoms with Gasteiger partial charge in [-0.15, -0.1) is 0 Å². The van der Waals surface area contributed by atoms with E-state index in [9.17, 15) is 0 Å². The Morgan fingerprint density at radius 1 is 1.20 bits per heavy atom. The molecular formula is C16H22BrN3. The second kappa shape index (κ2) is 6.55. The molecule has 0 radical (unpaired) electrons. The molecule has 2 atom stereocenters. The van der Waals surface area contributed by atoms with Crippen LogP contribution in [-0.4, -0.2) is 9.55 Å². The van der Waals surface area contributed by atoms with Gasteiger partial charge >= 0.3 is 0 Å². The summed E-state index contributed by atoms with van der Waals surface area (Å²) >= 11 is 3.47. The predicted octanol–water partition coefficient (Wildman–Crippen LogP) is 4.30. The number of aromatic nitrogens is 2. The normalized spacial score (nSPS) is 14.5. The molecule has 2 aromatic rings. The van der Waals surface area contributed by atoms with Gasteiger partial charge in [0.15, 0.2) is 0 Å². The van der Waals surface area contributed by atoms with Gasteiger partial charge in [-0.1, -0.05) is 41.9 Å². The molecule has 0 aliphatic rings. The summed E-state index contributed by atoms with van der Waals surface area (Å²) in [5.41, 5.74) is 8.67. The van der Waals surface area contributed by atoms with Crippen molar-refractivity contribution < 1.29 is 0 Å². The van der Waals surface area contributed by atoms with Gasteiger partial charge < -0.3 is 10.3 Å². The lowest BCUT2D eigenvalue weighted by molar-refractivity contribution is 0.475. The first kappa shape index (κ1) is 15.3. The number of nitrogens with zero attached hydrogens (tertiary/aromatic N) is 2. The van der Waals surface area contributed by atoms with Crippen LogP contribution in [0, 0.1) is 5.92 Å². The number of hydrogen-bond donors (Lipinski definition) is 1. The monoisotopic (exact) mass is 335 g/mol. The molecule has 0 bridgehead atoms. The van der Waals surface area contributed by atoms with Crippen molar-refractivity contribution in [3.8, 4) is 0 Å². The van der Waals surface area contributed by atoms with Crippen LogP contribution in [0.4, 0.5) is 0 Å². The van der Waals surface area contributed by atoms with E-state index in [0.29, 0.717) is 5.92 Å². The number of rotatable bonds is 5. The van der Waals surface area contributed by atoms with E-state index in [4.69, 9.17) is 5.73 Å². The Balaban J connectivity index is 2.24. The molecule has 0 saturated heterocycles. The second-order valence-electron chi connectivity index (χ2n) is 5.69. The van der Waals surface area contributed by atoms with E-state index < -0.39 is 0 Å². The van der Waals surface area contributed by atoms with Gasteiger partial charge in [0.25, 0.3) is 0 Å². The smallest absolute Gasteiger partial charge is 0.0954 e. The summed E-state index contributed by atoms with van der Waals surface area (Å²) in [6, 6.07) is 8.67. The Morgan fingerprint density at radius 3 is 2.45 bits per heavy atom. The minimum atomic E-state index is 0.0374. The maximum Gasteiger partial charge on any atom is 0.0954 e. The molecule has 2 N–H and O–H groups in total. The van der Waals surface area contributed by atoms with E-state index in [1.165, 1.54) is 5.56 Å². The van der Waals surface area contributed by atoms with Crippen molar-refractivity contribution in [1.29, 1.82) is 0 Å². The zero-order chi connectivity index (χ0) is 14.7. The Kier molecular flexibility index (Phi) is 5.00. The first-order valence-corrected chi connectivity index (χ1v) is 7.81. The van der Waals surface area contributed by atoms with Crippen LogP contribution in [0.5, 0.6) is 0 Å². The Morgan fingerprint density at radius 2 is 1.85 bits per heavy atom. The molecule has 0 aliphatic carbocycles. The fraction of sp³-hybridized carbons (Fsp3) is 0.438. The van der Waals surface area contributed by atoms with Crippen LogP contribution in [0.15, 0.2) is 41.3 Å². The number of benzene rings is 1. The largest absolute Gasteiger partial charge is 0.326 e. The maximum absolute atomic E-state index is 6.31. The Labute approximate surface area is 129 Å². The van der Waals surface area contributed by atoms with Gasteiger partial charge in [-0.25, -0.2) is 4.98 Å². The molecular weight excluding hydrogens is 314 g/mol. The molecule has 0 saturated carbocycles. The SMILES string of the molecule is CC(C)CC(N)c1cncn1C(C)c1ccc(Br)cc1. The van der Waals surface area contributed by atoms with E-state index in [1.54, 1.807) is 0 Å². The van der Waals surface area contributed by atoms with Crippen molar-refractivity contribution in [3.05, 3.63) is 52.5 Å². The molecule has 1 heterocycles. The van der Waals surface area contributed by atoms with Gasteiger partial charge in [0.1, 0.15) is 0 Å². The zero-order valence-electron chi connectivity index (χ0n) is 12.3. The fourth-order valence-corrected chi connectivity index (χ4v) is 2.72. The predicted molar refractivity (Wildman–Crippen MR) is 86.6 cm³/mol. The summed E-state index contributed by atoms with van der Waals surface area (Å²) in [5, 5.41) is 0. The zero-order valence-corrected chi connectivity index (χ0v) is 13.8. The highest BCUT2D eigenvalue weighted by Crippen LogP contribution is 2.26. The molecule has 1 aromatic heterocycles. The highest BCUT2D eigenvalue weighted by atomic mass is 79.9.